The van der Waals surface area contributed by atoms with Gasteiger partial charge in [-0.1, -0.05) is 0 Å². The Labute approximate surface area is 110 Å². The van der Waals surface area contributed by atoms with E-state index >= 15 is 0 Å². The smallest absolute Gasteiger partial charge is 0.304 e. The van der Waals surface area contributed by atoms with Crippen LogP contribution in [-0.2, 0) is 15.0 Å². The summed E-state index contributed by atoms with van der Waals surface area (Å²) in [5, 5.41) is 17.1. The van der Waals surface area contributed by atoms with Crippen LogP contribution >= 0.6 is 0 Å². The number of anilines is 1. The van der Waals surface area contributed by atoms with Gasteiger partial charge in [-0.15, -0.1) is 0 Å². The molecule has 0 radical (unpaired) electrons. The average molecular weight is 284 g/mol. The van der Waals surface area contributed by atoms with Gasteiger partial charge in [0, 0.05) is 19.8 Å². The summed E-state index contributed by atoms with van der Waals surface area (Å²) in [6.45, 7) is -0.152. The standard InChI is InChI=1S/C10H12N4O4S/c1-14(5-4-10(15)16)19(17,18)13-9-3-2-8(6-11)7-12-9/h2-3,7H,4-5H2,1H3,(H,12,13)(H,15,16). The van der Waals surface area contributed by atoms with E-state index in [1.807, 2.05) is 6.07 Å². The van der Waals surface area contributed by atoms with Crippen LogP contribution in [0, 0.1) is 11.3 Å². The molecule has 1 aromatic heterocycles. The van der Waals surface area contributed by atoms with Gasteiger partial charge in [0.25, 0.3) is 0 Å². The van der Waals surface area contributed by atoms with Crippen molar-refractivity contribution in [3.63, 3.8) is 0 Å². The summed E-state index contributed by atoms with van der Waals surface area (Å²) in [4.78, 5) is 14.1. The number of carboxylic acid groups (broad SMARTS) is 1. The number of carbonyl (C=O) groups is 1. The van der Waals surface area contributed by atoms with Gasteiger partial charge < -0.3 is 5.11 Å². The number of hydrogen-bond acceptors (Lipinski definition) is 5. The van der Waals surface area contributed by atoms with Gasteiger partial charge in [0.05, 0.1) is 12.0 Å². The van der Waals surface area contributed by atoms with Crippen molar-refractivity contribution in [2.24, 2.45) is 0 Å². The number of rotatable bonds is 6. The number of nitrogens with zero attached hydrogens (tertiary/aromatic N) is 3. The molecule has 0 aromatic carbocycles. The minimum Gasteiger partial charge on any atom is -0.481 e. The van der Waals surface area contributed by atoms with Gasteiger partial charge in [-0.05, 0) is 12.1 Å². The monoisotopic (exact) mass is 284 g/mol. The predicted molar refractivity (Wildman–Crippen MR) is 66.4 cm³/mol. The molecule has 0 unspecified atom stereocenters. The first-order valence-corrected chi connectivity index (χ1v) is 6.61. The Balaban J connectivity index is 2.73. The molecule has 0 saturated carbocycles. The van der Waals surface area contributed by atoms with E-state index in [0.717, 1.165) is 4.31 Å². The fourth-order valence-corrected chi connectivity index (χ4v) is 1.98. The molecule has 0 saturated heterocycles. The second kappa shape index (κ2) is 6.12. The Hall–Kier alpha value is -2.18. The Morgan fingerprint density at radius 3 is 2.74 bits per heavy atom. The lowest BCUT2D eigenvalue weighted by Crippen LogP contribution is -2.34. The summed E-state index contributed by atoms with van der Waals surface area (Å²) in [6, 6.07) is 4.62. The maximum atomic E-state index is 11.8. The van der Waals surface area contributed by atoms with Crippen LogP contribution in [0.3, 0.4) is 0 Å². The van der Waals surface area contributed by atoms with Crippen molar-refractivity contribution in [1.29, 1.82) is 5.26 Å². The van der Waals surface area contributed by atoms with Crippen molar-refractivity contribution < 1.29 is 18.3 Å². The lowest BCUT2D eigenvalue weighted by Gasteiger charge is -2.16. The fourth-order valence-electron chi connectivity index (χ4n) is 1.10. The third kappa shape index (κ3) is 4.53. The summed E-state index contributed by atoms with van der Waals surface area (Å²) in [5.74, 6) is -1.03. The van der Waals surface area contributed by atoms with Gasteiger partial charge in [-0.2, -0.15) is 18.0 Å². The van der Waals surface area contributed by atoms with Gasteiger partial charge >= 0.3 is 16.2 Å². The molecule has 8 nitrogen and oxygen atoms in total. The summed E-state index contributed by atoms with van der Waals surface area (Å²) >= 11 is 0. The van der Waals surface area contributed by atoms with E-state index in [-0.39, 0.29) is 18.8 Å². The SMILES string of the molecule is CN(CCC(=O)O)S(=O)(=O)Nc1ccc(C#N)cn1. The maximum Gasteiger partial charge on any atom is 0.304 e. The molecule has 1 heterocycles. The highest BCUT2D eigenvalue weighted by Crippen LogP contribution is 2.08. The van der Waals surface area contributed by atoms with Gasteiger partial charge in [0.1, 0.15) is 11.9 Å². The van der Waals surface area contributed by atoms with E-state index in [1.54, 1.807) is 0 Å². The first-order chi connectivity index (χ1) is 8.85. The number of pyridine rings is 1. The third-order valence-corrected chi connectivity index (χ3v) is 3.65. The van der Waals surface area contributed by atoms with E-state index in [4.69, 9.17) is 10.4 Å². The van der Waals surface area contributed by atoms with Crippen LogP contribution in [-0.4, -0.2) is 42.4 Å². The highest BCUT2D eigenvalue weighted by atomic mass is 32.2. The van der Waals surface area contributed by atoms with Crippen LogP contribution in [0.5, 0.6) is 0 Å². The second-order valence-corrected chi connectivity index (χ2v) is 5.39. The summed E-state index contributed by atoms with van der Waals surface area (Å²) < 4.78 is 26.6. The number of hydrogen-bond donors (Lipinski definition) is 2. The molecular formula is C10H12N4O4S. The van der Waals surface area contributed by atoms with Crippen molar-refractivity contribution in [3.05, 3.63) is 23.9 Å². The zero-order chi connectivity index (χ0) is 14.5. The molecule has 9 heteroatoms. The normalized spacial score (nSPS) is 11.0. The van der Waals surface area contributed by atoms with Crippen molar-refractivity contribution in [3.8, 4) is 6.07 Å². The van der Waals surface area contributed by atoms with E-state index in [1.165, 1.54) is 25.4 Å². The van der Waals surface area contributed by atoms with Crippen LogP contribution < -0.4 is 4.72 Å². The zero-order valence-electron chi connectivity index (χ0n) is 10.1. The highest BCUT2D eigenvalue weighted by molar-refractivity contribution is 7.90. The number of aromatic nitrogens is 1. The van der Waals surface area contributed by atoms with Crippen LogP contribution in [0.2, 0.25) is 0 Å². The molecular weight excluding hydrogens is 272 g/mol. The zero-order valence-corrected chi connectivity index (χ0v) is 10.9. The molecule has 1 rings (SSSR count). The third-order valence-electron chi connectivity index (χ3n) is 2.18. The molecule has 0 atom stereocenters. The Morgan fingerprint density at radius 2 is 2.26 bits per heavy atom. The van der Waals surface area contributed by atoms with Crippen molar-refractivity contribution in [1.82, 2.24) is 9.29 Å². The first-order valence-electron chi connectivity index (χ1n) is 5.17. The molecule has 102 valence electrons. The van der Waals surface area contributed by atoms with Gasteiger partial charge in [-0.3, -0.25) is 9.52 Å². The molecule has 0 aliphatic rings. The first kappa shape index (κ1) is 14.9. The Morgan fingerprint density at radius 1 is 1.58 bits per heavy atom. The molecule has 0 spiro atoms. The second-order valence-electron chi connectivity index (χ2n) is 3.62. The number of nitriles is 1. The summed E-state index contributed by atoms with van der Waals surface area (Å²) in [5.41, 5.74) is 0.308. The molecule has 0 fully saturated rings. The summed E-state index contributed by atoms with van der Waals surface area (Å²) in [7, 11) is -2.60. The van der Waals surface area contributed by atoms with Crippen molar-refractivity contribution in [2.45, 2.75) is 6.42 Å². The van der Waals surface area contributed by atoms with Crippen molar-refractivity contribution >= 4 is 22.0 Å². The largest absolute Gasteiger partial charge is 0.481 e. The van der Waals surface area contributed by atoms with Crippen molar-refractivity contribution in [2.75, 3.05) is 18.3 Å². The van der Waals surface area contributed by atoms with Crippen LogP contribution in [0.1, 0.15) is 12.0 Å². The number of carboxylic acids is 1. The van der Waals surface area contributed by atoms with Crippen LogP contribution in [0.15, 0.2) is 18.3 Å². The van der Waals surface area contributed by atoms with E-state index in [2.05, 4.69) is 9.71 Å². The molecule has 19 heavy (non-hydrogen) atoms. The molecule has 0 aliphatic heterocycles. The van der Waals surface area contributed by atoms with Gasteiger partial charge in [0.2, 0.25) is 0 Å². The lowest BCUT2D eigenvalue weighted by atomic mass is 10.3. The van der Waals surface area contributed by atoms with Gasteiger partial charge in [0.15, 0.2) is 0 Å². The predicted octanol–water partition coefficient (Wildman–Crippen LogP) is 0.0165. The molecule has 1 aromatic rings. The lowest BCUT2D eigenvalue weighted by molar-refractivity contribution is -0.137. The fraction of sp³-hybridized carbons (Fsp3) is 0.300. The minimum absolute atomic E-state index is 0.0566. The molecule has 0 aliphatic carbocycles. The van der Waals surface area contributed by atoms with Gasteiger partial charge in [-0.25, -0.2) is 4.98 Å². The van der Waals surface area contributed by atoms with E-state index < -0.39 is 16.2 Å². The Kier molecular flexibility index (Phi) is 4.80. The van der Waals surface area contributed by atoms with Crippen LogP contribution in [0.25, 0.3) is 0 Å². The summed E-state index contributed by atoms with van der Waals surface area (Å²) in [6.07, 6.45) is 0.938. The Bertz CT molecular complexity index is 591. The number of aliphatic carboxylic acids is 1. The topological polar surface area (TPSA) is 123 Å². The van der Waals surface area contributed by atoms with Crippen LogP contribution in [0.4, 0.5) is 5.82 Å². The van der Waals surface area contributed by atoms with E-state index in [9.17, 15) is 13.2 Å². The highest BCUT2D eigenvalue weighted by Gasteiger charge is 2.18. The number of nitrogens with one attached hydrogen (secondary N) is 1. The maximum absolute atomic E-state index is 11.8. The molecule has 0 amide bonds. The average Bonchev–Trinajstić information content (AvgIpc) is 2.36. The molecule has 0 bridgehead atoms. The molecule has 2 N–H and O–H groups in total. The minimum atomic E-state index is -3.85. The van der Waals surface area contributed by atoms with E-state index in [0.29, 0.717) is 5.56 Å². The quantitative estimate of drug-likeness (QED) is 0.758.